The van der Waals surface area contributed by atoms with Gasteiger partial charge in [-0.25, -0.2) is 8.78 Å². The minimum absolute atomic E-state index is 0.136. The van der Waals surface area contributed by atoms with E-state index in [-0.39, 0.29) is 16.6 Å². The SMILES string of the molecule is O=C(O)C1(NCc2c(F)ccc(Br)c2F)CC1. The summed E-state index contributed by atoms with van der Waals surface area (Å²) in [6.45, 7) is -0.136. The van der Waals surface area contributed by atoms with Gasteiger partial charge in [0, 0.05) is 12.1 Å². The first-order chi connectivity index (χ1) is 7.96. The van der Waals surface area contributed by atoms with Crippen LogP contribution in [0.5, 0.6) is 0 Å². The Morgan fingerprint density at radius 2 is 2.12 bits per heavy atom. The Hall–Kier alpha value is -1.01. The van der Waals surface area contributed by atoms with Crippen LogP contribution in [-0.4, -0.2) is 16.6 Å². The van der Waals surface area contributed by atoms with Crippen LogP contribution >= 0.6 is 15.9 Å². The normalized spacial score (nSPS) is 16.9. The van der Waals surface area contributed by atoms with Gasteiger partial charge in [-0.15, -0.1) is 0 Å². The number of carbonyl (C=O) groups is 1. The van der Waals surface area contributed by atoms with E-state index < -0.39 is 23.1 Å². The molecule has 1 aliphatic rings. The highest BCUT2D eigenvalue weighted by Gasteiger charge is 2.50. The summed E-state index contributed by atoms with van der Waals surface area (Å²) in [6.07, 6.45) is 0.971. The van der Waals surface area contributed by atoms with E-state index in [2.05, 4.69) is 21.2 Å². The molecule has 0 spiro atoms. The van der Waals surface area contributed by atoms with Gasteiger partial charge in [-0.05, 0) is 40.9 Å². The third-order valence-corrected chi connectivity index (χ3v) is 3.51. The van der Waals surface area contributed by atoms with Gasteiger partial charge < -0.3 is 5.11 Å². The van der Waals surface area contributed by atoms with E-state index in [1.807, 2.05) is 0 Å². The topological polar surface area (TPSA) is 49.3 Å². The van der Waals surface area contributed by atoms with E-state index in [0.29, 0.717) is 12.8 Å². The van der Waals surface area contributed by atoms with Crippen LogP contribution in [0.25, 0.3) is 0 Å². The molecule has 1 fully saturated rings. The lowest BCUT2D eigenvalue weighted by Crippen LogP contribution is -2.38. The minimum Gasteiger partial charge on any atom is -0.480 e. The van der Waals surface area contributed by atoms with Crippen LogP contribution in [0.15, 0.2) is 16.6 Å². The van der Waals surface area contributed by atoms with E-state index in [1.165, 1.54) is 6.07 Å². The summed E-state index contributed by atoms with van der Waals surface area (Å²) in [4.78, 5) is 10.9. The fraction of sp³-hybridized carbons (Fsp3) is 0.364. The first kappa shape index (κ1) is 12.4. The van der Waals surface area contributed by atoms with Crippen molar-refractivity contribution in [3.8, 4) is 0 Å². The predicted molar refractivity (Wildman–Crippen MR) is 60.5 cm³/mol. The maximum atomic E-state index is 13.6. The fourth-order valence-corrected chi connectivity index (χ4v) is 1.95. The number of hydrogen-bond acceptors (Lipinski definition) is 2. The van der Waals surface area contributed by atoms with Crippen molar-refractivity contribution in [3.63, 3.8) is 0 Å². The molecule has 1 aliphatic carbocycles. The van der Waals surface area contributed by atoms with Gasteiger partial charge in [0.05, 0.1) is 4.47 Å². The zero-order chi connectivity index (χ0) is 12.6. The van der Waals surface area contributed by atoms with Crippen molar-refractivity contribution in [2.45, 2.75) is 24.9 Å². The van der Waals surface area contributed by atoms with Crippen molar-refractivity contribution in [1.29, 1.82) is 0 Å². The van der Waals surface area contributed by atoms with Crippen LogP contribution in [0.4, 0.5) is 8.78 Å². The van der Waals surface area contributed by atoms with Gasteiger partial charge in [0.25, 0.3) is 0 Å². The maximum absolute atomic E-state index is 13.6. The molecule has 0 unspecified atom stereocenters. The number of hydrogen-bond donors (Lipinski definition) is 2. The summed E-state index contributed by atoms with van der Waals surface area (Å²) in [7, 11) is 0. The van der Waals surface area contributed by atoms with Crippen LogP contribution in [-0.2, 0) is 11.3 Å². The second kappa shape index (κ2) is 4.34. The van der Waals surface area contributed by atoms with E-state index >= 15 is 0 Å². The van der Waals surface area contributed by atoms with Gasteiger partial charge in [-0.3, -0.25) is 10.1 Å². The standard InChI is InChI=1S/C11H10BrF2NO2/c12-7-1-2-8(13)6(9(7)14)5-15-11(3-4-11)10(16)17/h1-2,15H,3-5H2,(H,16,17). The van der Waals surface area contributed by atoms with Crippen molar-refractivity contribution in [1.82, 2.24) is 5.32 Å². The molecule has 1 aromatic rings. The van der Waals surface area contributed by atoms with Crippen molar-refractivity contribution in [2.75, 3.05) is 0 Å². The average Bonchev–Trinajstić information content (AvgIpc) is 3.05. The molecule has 0 radical (unpaired) electrons. The molecule has 2 N–H and O–H groups in total. The third-order valence-electron chi connectivity index (χ3n) is 2.90. The molecule has 1 saturated carbocycles. The molecule has 92 valence electrons. The molecule has 0 saturated heterocycles. The van der Waals surface area contributed by atoms with Gasteiger partial charge in [-0.1, -0.05) is 0 Å². The van der Waals surface area contributed by atoms with Gasteiger partial charge in [-0.2, -0.15) is 0 Å². The lowest BCUT2D eigenvalue weighted by Gasteiger charge is -2.13. The Bertz CT molecular complexity index is 475. The smallest absolute Gasteiger partial charge is 0.323 e. The molecule has 0 bridgehead atoms. The Balaban J connectivity index is 2.15. The number of nitrogens with one attached hydrogen (secondary N) is 1. The molecule has 0 heterocycles. The number of carboxylic acid groups (broad SMARTS) is 1. The first-order valence-corrected chi connectivity index (χ1v) is 5.86. The van der Waals surface area contributed by atoms with Crippen LogP contribution in [0.1, 0.15) is 18.4 Å². The van der Waals surface area contributed by atoms with Gasteiger partial charge in [0.15, 0.2) is 0 Å². The Labute approximate surface area is 105 Å². The molecule has 6 heteroatoms. The quantitative estimate of drug-likeness (QED) is 0.840. The maximum Gasteiger partial charge on any atom is 0.323 e. The summed E-state index contributed by atoms with van der Waals surface area (Å²) in [6, 6.07) is 2.42. The summed E-state index contributed by atoms with van der Waals surface area (Å²) in [5.74, 6) is -2.36. The van der Waals surface area contributed by atoms with Gasteiger partial charge >= 0.3 is 5.97 Å². The van der Waals surface area contributed by atoms with Crippen LogP contribution in [0.2, 0.25) is 0 Å². The monoisotopic (exact) mass is 305 g/mol. The molecule has 3 nitrogen and oxygen atoms in total. The number of rotatable bonds is 4. The summed E-state index contributed by atoms with van der Waals surface area (Å²) in [5, 5.41) is 11.6. The van der Waals surface area contributed by atoms with Crippen molar-refractivity contribution < 1.29 is 18.7 Å². The van der Waals surface area contributed by atoms with Crippen LogP contribution in [0.3, 0.4) is 0 Å². The largest absolute Gasteiger partial charge is 0.480 e. The van der Waals surface area contributed by atoms with Crippen LogP contribution < -0.4 is 5.32 Å². The van der Waals surface area contributed by atoms with Gasteiger partial charge in [0.1, 0.15) is 17.2 Å². The van der Waals surface area contributed by atoms with Crippen molar-refractivity contribution in [2.24, 2.45) is 0 Å². The molecular weight excluding hydrogens is 296 g/mol. The summed E-state index contributed by atoms with van der Waals surface area (Å²) in [5.41, 5.74) is -1.15. The van der Waals surface area contributed by atoms with E-state index in [4.69, 9.17) is 5.11 Å². The predicted octanol–water partition coefficient (Wildman–Crippen LogP) is 2.43. The highest BCUT2D eigenvalue weighted by Crippen LogP contribution is 2.36. The van der Waals surface area contributed by atoms with Crippen LogP contribution in [0, 0.1) is 11.6 Å². The lowest BCUT2D eigenvalue weighted by molar-refractivity contribution is -0.140. The van der Waals surface area contributed by atoms with E-state index in [0.717, 1.165) is 6.07 Å². The number of aliphatic carboxylic acids is 1. The van der Waals surface area contributed by atoms with Crippen molar-refractivity contribution >= 4 is 21.9 Å². The summed E-state index contributed by atoms with van der Waals surface area (Å²) >= 11 is 2.96. The molecule has 0 aliphatic heterocycles. The molecule has 0 amide bonds. The van der Waals surface area contributed by atoms with E-state index in [1.54, 1.807) is 0 Å². The molecule has 2 rings (SSSR count). The molecular formula is C11H10BrF2NO2. The second-order valence-electron chi connectivity index (χ2n) is 4.06. The molecule has 17 heavy (non-hydrogen) atoms. The number of benzene rings is 1. The van der Waals surface area contributed by atoms with Gasteiger partial charge in [0.2, 0.25) is 0 Å². The lowest BCUT2D eigenvalue weighted by atomic mass is 10.1. The molecule has 0 atom stereocenters. The third kappa shape index (κ3) is 2.32. The zero-order valence-electron chi connectivity index (χ0n) is 8.77. The fourth-order valence-electron chi connectivity index (χ4n) is 1.58. The zero-order valence-corrected chi connectivity index (χ0v) is 10.4. The van der Waals surface area contributed by atoms with E-state index in [9.17, 15) is 13.6 Å². The number of carboxylic acids is 1. The Kier molecular flexibility index (Phi) is 3.18. The Morgan fingerprint density at radius 1 is 1.47 bits per heavy atom. The highest BCUT2D eigenvalue weighted by molar-refractivity contribution is 9.10. The highest BCUT2D eigenvalue weighted by atomic mass is 79.9. The second-order valence-corrected chi connectivity index (χ2v) is 4.92. The molecule has 0 aromatic heterocycles. The molecule has 1 aromatic carbocycles. The van der Waals surface area contributed by atoms with Crippen molar-refractivity contribution in [3.05, 3.63) is 33.8 Å². The number of halogens is 3. The minimum atomic E-state index is -0.999. The summed E-state index contributed by atoms with van der Waals surface area (Å²) < 4.78 is 27.1. The first-order valence-electron chi connectivity index (χ1n) is 5.07. The average molecular weight is 306 g/mol. The Morgan fingerprint density at radius 3 is 2.65 bits per heavy atom.